The van der Waals surface area contributed by atoms with Gasteiger partial charge in [-0.3, -0.25) is 4.79 Å². The summed E-state index contributed by atoms with van der Waals surface area (Å²) < 4.78 is 5.23. The Morgan fingerprint density at radius 2 is 2.24 bits per heavy atom. The molecule has 1 aliphatic rings. The molecular formula is C11H15N3O3. The van der Waals surface area contributed by atoms with Gasteiger partial charge in [-0.15, -0.1) is 0 Å². The minimum Gasteiger partial charge on any atom is -0.394 e. The van der Waals surface area contributed by atoms with Gasteiger partial charge in [0.1, 0.15) is 0 Å². The lowest BCUT2D eigenvalue weighted by atomic mass is 9.90. The van der Waals surface area contributed by atoms with Crippen LogP contribution in [-0.2, 0) is 4.74 Å². The van der Waals surface area contributed by atoms with Crippen LogP contribution in [0, 0.1) is 0 Å². The van der Waals surface area contributed by atoms with Crippen molar-refractivity contribution in [1.82, 2.24) is 15.5 Å². The van der Waals surface area contributed by atoms with Crippen LogP contribution < -0.4 is 5.32 Å². The van der Waals surface area contributed by atoms with Crippen molar-refractivity contribution in [3.8, 4) is 0 Å². The van der Waals surface area contributed by atoms with E-state index >= 15 is 0 Å². The Hall–Kier alpha value is -1.53. The molecule has 2 N–H and O–H groups in total. The maximum absolute atomic E-state index is 11.9. The molecule has 92 valence electrons. The van der Waals surface area contributed by atoms with Crippen LogP contribution in [-0.4, -0.2) is 46.6 Å². The van der Waals surface area contributed by atoms with Gasteiger partial charge in [0, 0.05) is 13.2 Å². The highest BCUT2D eigenvalue weighted by Gasteiger charge is 2.33. The van der Waals surface area contributed by atoms with Gasteiger partial charge in [0.05, 0.1) is 30.1 Å². The average Bonchev–Trinajstić information content (AvgIpc) is 2.41. The molecule has 1 fully saturated rings. The SMILES string of the molecule is O=C(NC1(CO)CCOCC1)c1ccnnc1. The number of amides is 1. The molecule has 6 nitrogen and oxygen atoms in total. The third-order valence-corrected chi connectivity index (χ3v) is 2.98. The van der Waals surface area contributed by atoms with E-state index in [1.165, 1.54) is 12.4 Å². The Labute approximate surface area is 99.0 Å². The zero-order valence-corrected chi connectivity index (χ0v) is 9.43. The van der Waals surface area contributed by atoms with E-state index in [1.807, 2.05) is 0 Å². The Bertz CT molecular complexity index is 377. The molecule has 0 aromatic carbocycles. The number of hydrogen-bond donors (Lipinski definition) is 2. The van der Waals surface area contributed by atoms with Gasteiger partial charge < -0.3 is 15.2 Å². The van der Waals surface area contributed by atoms with Gasteiger partial charge in [0.15, 0.2) is 0 Å². The molecule has 0 atom stereocenters. The molecule has 0 saturated carbocycles. The molecule has 0 bridgehead atoms. The van der Waals surface area contributed by atoms with Gasteiger partial charge in [-0.25, -0.2) is 0 Å². The highest BCUT2D eigenvalue weighted by molar-refractivity contribution is 5.94. The second kappa shape index (κ2) is 5.20. The normalized spacial score (nSPS) is 18.6. The average molecular weight is 237 g/mol. The molecule has 0 radical (unpaired) electrons. The maximum Gasteiger partial charge on any atom is 0.253 e. The summed E-state index contributed by atoms with van der Waals surface area (Å²) >= 11 is 0. The standard InChI is InChI=1S/C11H15N3O3/c15-8-11(2-5-17-6-3-11)14-10(16)9-1-4-12-13-7-9/h1,4,7,15H,2-3,5-6,8H2,(H,14,16). The van der Waals surface area contributed by atoms with Crippen LogP contribution in [0.15, 0.2) is 18.5 Å². The third-order valence-electron chi connectivity index (χ3n) is 2.98. The van der Waals surface area contributed by atoms with Gasteiger partial charge >= 0.3 is 0 Å². The topological polar surface area (TPSA) is 84.3 Å². The molecule has 1 aromatic heterocycles. The predicted molar refractivity (Wildman–Crippen MR) is 59.4 cm³/mol. The van der Waals surface area contributed by atoms with Crippen molar-refractivity contribution < 1.29 is 14.6 Å². The Balaban J connectivity index is 2.06. The lowest BCUT2D eigenvalue weighted by Crippen LogP contribution is -2.54. The van der Waals surface area contributed by atoms with E-state index in [0.717, 1.165) is 0 Å². The number of hydrogen-bond acceptors (Lipinski definition) is 5. The number of rotatable bonds is 3. The van der Waals surface area contributed by atoms with Crippen LogP contribution in [0.25, 0.3) is 0 Å². The fourth-order valence-electron chi connectivity index (χ4n) is 1.82. The van der Waals surface area contributed by atoms with Gasteiger partial charge in [0.25, 0.3) is 5.91 Å². The number of aliphatic hydroxyl groups excluding tert-OH is 1. The largest absolute Gasteiger partial charge is 0.394 e. The summed E-state index contributed by atoms with van der Waals surface area (Å²) in [6.07, 6.45) is 4.10. The summed E-state index contributed by atoms with van der Waals surface area (Å²) in [7, 11) is 0. The fourth-order valence-corrected chi connectivity index (χ4v) is 1.82. The van der Waals surface area contributed by atoms with Crippen LogP contribution in [0.4, 0.5) is 0 Å². The van der Waals surface area contributed by atoms with E-state index in [0.29, 0.717) is 31.6 Å². The molecule has 2 rings (SSSR count). The monoisotopic (exact) mass is 237 g/mol. The number of nitrogens with one attached hydrogen (secondary N) is 1. The van der Waals surface area contributed by atoms with E-state index in [9.17, 15) is 9.90 Å². The van der Waals surface area contributed by atoms with Gasteiger partial charge in [-0.2, -0.15) is 10.2 Å². The van der Waals surface area contributed by atoms with Crippen molar-refractivity contribution in [1.29, 1.82) is 0 Å². The van der Waals surface area contributed by atoms with Crippen molar-refractivity contribution in [2.75, 3.05) is 19.8 Å². The molecule has 6 heteroatoms. The molecule has 1 saturated heterocycles. The number of ether oxygens (including phenoxy) is 1. The maximum atomic E-state index is 11.9. The third kappa shape index (κ3) is 2.78. The lowest BCUT2D eigenvalue weighted by Gasteiger charge is -2.36. The fraction of sp³-hybridized carbons (Fsp3) is 0.545. The second-order valence-corrected chi connectivity index (χ2v) is 4.14. The minimum absolute atomic E-state index is 0.0827. The van der Waals surface area contributed by atoms with Crippen molar-refractivity contribution in [2.45, 2.75) is 18.4 Å². The summed E-state index contributed by atoms with van der Waals surface area (Å²) in [6.45, 7) is 1.02. The zero-order valence-electron chi connectivity index (χ0n) is 9.43. The van der Waals surface area contributed by atoms with Crippen LogP contribution in [0.1, 0.15) is 23.2 Å². The highest BCUT2D eigenvalue weighted by atomic mass is 16.5. The Morgan fingerprint density at radius 1 is 1.47 bits per heavy atom. The van der Waals surface area contributed by atoms with Gasteiger partial charge in [0.2, 0.25) is 0 Å². The molecule has 1 aromatic rings. The zero-order chi connectivity index (χ0) is 12.1. The summed E-state index contributed by atoms with van der Waals surface area (Å²) in [5.74, 6) is -0.240. The first kappa shape index (κ1) is 11.9. The summed E-state index contributed by atoms with van der Waals surface area (Å²) in [5.41, 5.74) is -0.127. The summed E-state index contributed by atoms with van der Waals surface area (Å²) in [5, 5.41) is 19.6. The number of carbonyl (C=O) groups is 1. The van der Waals surface area contributed by atoms with Crippen LogP contribution in [0.3, 0.4) is 0 Å². The first-order chi connectivity index (χ1) is 8.26. The van der Waals surface area contributed by atoms with E-state index in [-0.39, 0.29) is 12.5 Å². The van der Waals surface area contributed by atoms with E-state index in [2.05, 4.69) is 15.5 Å². The van der Waals surface area contributed by atoms with Gasteiger partial charge in [-0.05, 0) is 18.9 Å². The molecule has 0 unspecified atom stereocenters. The van der Waals surface area contributed by atoms with Crippen molar-refractivity contribution in [3.05, 3.63) is 24.0 Å². The lowest BCUT2D eigenvalue weighted by molar-refractivity contribution is 0.0125. The van der Waals surface area contributed by atoms with Crippen molar-refractivity contribution in [2.24, 2.45) is 0 Å². The second-order valence-electron chi connectivity index (χ2n) is 4.14. The van der Waals surface area contributed by atoms with E-state index < -0.39 is 5.54 Å². The predicted octanol–water partition coefficient (Wildman–Crippen LogP) is -0.252. The Morgan fingerprint density at radius 3 is 2.82 bits per heavy atom. The van der Waals surface area contributed by atoms with Gasteiger partial charge in [-0.1, -0.05) is 0 Å². The highest BCUT2D eigenvalue weighted by Crippen LogP contribution is 2.20. The first-order valence-corrected chi connectivity index (χ1v) is 5.54. The van der Waals surface area contributed by atoms with Crippen LogP contribution >= 0.6 is 0 Å². The van der Waals surface area contributed by atoms with E-state index in [4.69, 9.17) is 4.74 Å². The van der Waals surface area contributed by atoms with Crippen LogP contribution in [0.2, 0.25) is 0 Å². The summed E-state index contributed by atoms with van der Waals surface area (Å²) in [4.78, 5) is 11.9. The minimum atomic E-state index is -0.571. The number of carbonyl (C=O) groups excluding carboxylic acids is 1. The quantitative estimate of drug-likeness (QED) is 0.757. The molecule has 1 aliphatic heterocycles. The Kier molecular flexibility index (Phi) is 3.65. The molecule has 0 aliphatic carbocycles. The van der Waals surface area contributed by atoms with Crippen LogP contribution in [0.5, 0.6) is 0 Å². The van der Waals surface area contributed by atoms with Crippen molar-refractivity contribution >= 4 is 5.91 Å². The molecule has 2 heterocycles. The smallest absolute Gasteiger partial charge is 0.253 e. The molecular weight excluding hydrogens is 222 g/mol. The van der Waals surface area contributed by atoms with E-state index in [1.54, 1.807) is 6.07 Å². The number of aromatic nitrogens is 2. The molecule has 1 amide bonds. The number of aliphatic hydroxyl groups is 1. The van der Waals surface area contributed by atoms with Crippen molar-refractivity contribution in [3.63, 3.8) is 0 Å². The molecule has 0 spiro atoms. The number of nitrogens with zero attached hydrogens (tertiary/aromatic N) is 2. The molecule has 17 heavy (non-hydrogen) atoms. The first-order valence-electron chi connectivity index (χ1n) is 5.54. The summed E-state index contributed by atoms with van der Waals surface area (Å²) in [6, 6.07) is 1.59.